The summed E-state index contributed by atoms with van der Waals surface area (Å²) >= 11 is 0. The van der Waals surface area contributed by atoms with Crippen molar-refractivity contribution in [3.8, 4) is 6.07 Å². The maximum atomic E-state index is 13.9. The minimum Gasteiger partial charge on any atom is -0.273 e. The number of nitriles is 1. The van der Waals surface area contributed by atoms with Gasteiger partial charge in [0.1, 0.15) is 0 Å². The van der Waals surface area contributed by atoms with Crippen LogP contribution >= 0.6 is 0 Å². The number of carbonyl (C=O) groups is 1. The number of benzene rings is 2. The van der Waals surface area contributed by atoms with Crippen molar-refractivity contribution < 1.29 is 21.6 Å². The first-order chi connectivity index (χ1) is 18.8. The predicted octanol–water partition coefficient (Wildman–Crippen LogP) is 4.53. The van der Waals surface area contributed by atoms with Crippen LogP contribution in [0.1, 0.15) is 62.1 Å². The number of carbonyl (C=O) groups excluding carboxylic acids is 1. The Bertz CT molecular complexity index is 1870. The molecule has 208 valence electrons. The molecule has 2 heterocycles. The van der Waals surface area contributed by atoms with Gasteiger partial charge in [-0.3, -0.25) is 4.79 Å². The molecule has 1 aliphatic heterocycles. The van der Waals surface area contributed by atoms with E-state index < -0.39 is 31.4 Å². The van der Waals surface area contributed by atoms with E-state index in [-0.39, 0.29) is 33.9 Å². The summed E-state index contributed by atoms with van der Waals surface area (Å²) in [5.74, 6) is -0.797. The summed E-state index contributed by atoms with van der Waals surface area (Å²) in [6.45, 7) is 6.20. The summed E-state index contributed by atoms with van der Waals surface area (Å²) in [7, 11) is -7.69. The van der Waals surface area contributed by atoms with Gasteiger partial charge in [0.2, 0.25) is 15.9 Å². The van der Waals surface area contributed by atoms with Crippen LogP contribution < -0.4 is 0 Å². The minimum atomic E-state index is -3.95. The second-order valence-electron chi connectivity index (χ2n) is 12.7. The van der Waals surface area contributed by atoms with E-state index in [9.17, 15) is 26.9 Å². The van der Waals surface area contributed by atoms with Crippen LogP contribution in [0.3, 0.4) is 0 Å². The largest absolute Gasteiger partial charge is 0.273 e. The molecule has 0 radical (unpaired) electrons. The minimum absolute atomic E-state index is 0.0247. The lowest BCUT2D eigenvalue weighted by Gasteiger charge is -2.37. The number of rotatable bonds is 4. The molecular formula is C30H31N3O5S2. The van der Waals surface area contributed by atoms with Crippen molar-refractivity contribution in [3.63, 3.8) is 0 Å². The summed E-state index contributed by atoms with van der Waals surface area (Å²) in [6.07, 6.45) is 4.55. The van der Waals surface area contributed by atoms with Crippen LogP contribution in [-0.2, 0) is 24.8 Å². The zero-order valence-electron chi connectivity index (χ0n) is 22.7. The third-order valence-electron chi connectivity index (χ3n) is 10.6. The van der Waals surface area contributed by atoms with Gasteiger partial charge in [-0.15, -0.1) is 0 Å². The Labute approximate surface area is 234 Å². The van der Waals surface area contributed by atoms with E-state index in [1.54, 1.807) is 48.7 Å². The topological polar surface area (TPSA) is 117 Å². The lowest BCUT2D eigenvalue weighted by molar-refractivity contribution is -0.130. The first kappa shape index (κ1) is 25.8. The SMILES string of the molecule is Cc1ccc(S(=O)(=O)n2cc([C@H]3C[C@@H]3C(=O)N3C4CC5CCC4(CS3(=O)=O)C5(C)C)c3cc(C#N)ccc32)cc1. The molecule has 2 aromatic carbocycles. The van der Waals surface area contributed by atoms with Crippen LogP contribution in [0.2, 0.25) is 0 Å². The second kappa shape index (κ2) is 7.98. The molecule has 5 atom stereocenters. The molecule has 3 aromatic rings. The number of aromatic nitrogens is 1. The van der Waals surface area contributed by atoms with E-state index in [0.29, 0.717) is 34.4 Å². The zero-order chi connectivity index (χ0) is 28.4. The summed E-state index contributed by atoms with van der Waals surface area (Å²) in [6, 6.07) is 13.3. The fourth-order valence-electron chi connectivity index (χ4n) is 8.17. The molecule has 3 saturated carbocycles. The third-order valence-corrected chi connectivity index (χ3v) is 14.2. The first-order valence-electron chi connectivity index (χ1n) is 13.8. The van der Waals surface area contributed by atoms with Crippen LogP contribution in [0.25, 0.3) is 10.9 Å². The Morgan fingerprint density at radius 2 is 1.82 bits per heavy atom. The summed E-state index contributed by atoms with van der Waals surface area (Å²) in [5.41, 5.74) is 1.88. The van der Waals surface area contributed by atoms with Gasteiger partial charge in [0.25, 0.3) is 10.0 Å². The monoisotopic (exact) mass is 577 g/mol. The number of sulfonamides is 1. The van der Waals surface area contributed by atoms with Crippen LogP contribution in [0, 0.1) is 40.9 Å². The standard InChI is InChI=1S/C30H31N3O5S2/c1-18-4-7-21(8-5-18)40(37,38)32-16-25(23-12-19(15-31)6-9-26(23)32)22-14-24(22)28(34)33-27-13-20-10-11-30(27,29(20,2)3)17-39(33,35)36/h4-9,12,16,20,22,24,27H,10-11,13-14,17H2,1-3H3/t20?,22-,24-,27?,30?/m0/s1. The van der Waals surface area contributed by atoms with Gasteiger partial charge in [-0.05, 0) is 85.8 Å². The average molecular weight is 578 g/mol. The van der Waals surface area contributed by atoms with Crippen LogP contribution in [0.15, 0.2) is 53.6 Å². The molecule has 8 nitrogen and oxygen atoms in total. The molecule has 0 N–H and O–H groups in total. The van der Waals surface area contributed by atoms with E-state index in [4.69, 9.17) is 0 Å². The molecule has 4 fully saturated rings. The molecule has 4 aliphatic rings. The van der Waals surface area contributed by atoms with Crippen molar-refractivity contribution in [2.45, 2.75) is 63.3 Å². The molecule has 7 rings (SSSR count). The molecule has 1 spiro atoms. The highest BCUT2D eigenvalue weighted by molar-refractivity contribution is 7.90. The first-order valence-corrected chi connectivity index (χ1v) is 16.8. The van der Waals surface area contributed by atoms with E-state index in [1.807, 2.05) is 6.92 Å². The Kier molecular flexibility index (Phi) is 5.14. The van der Waals surface area contributed by atoms with Crippen molar-refractivity contribution in [3.05, 3.63) is 65.4 Å². The number of fused-ring (bicyclic) bond motifs is 2. The van der Waals surface area contributed by atoms with Crippen LogP contribution in [0.4, 0.5) is 0 Å². The van der Waals surface area contributed by atoms with Crippen molar-refractivity contribution in [1.82, 2.24) is 8.28 Å². The van der Waals surface area contributed by atoms with Crippen LogP contribution in [-0.4, -0.2) is 42.8 Å². The van der Waals surface area contributed by atoms with E-state index in [0.717, 1.165) is 24.8 Å². The Balaban J connectivity index is 1.27. The molecule has 2 bridgehead atoms. The molecule has 1 aromatic heterocycles. The highest BCUT2D eigenvalue weighted by Gasteiger charge is 2.73. The van der Waals surface area contributed by atoms with Gasteiger partial charge in [0.05, 0.1) is 33.8 Å². The fraction of sp³-hybridized carbons (Fsp3) is 0.467. The van der Waals surface area contributed by atoms with E-state index in [2.05, 4.69) is 19.9 Å². The molecule has 10 heteroatoms. The lowest BCUT2D eigenvalue weighted by atomic mass is 9.69. The molecule has 40 heavy (non-hydrogen) atoms. The van der Waals surface area contributed by atoms with Gasteiger partial charge in [-0.25, -0.2) is 25.1 Å². The Morgan fingerprint density at radius 1 is 1.10 bits per heavy atom. The summed E-state index contributed by atoms with van der Waals surface area (Å²) in [4.78, 5) is 14.1. The third kappa shape index (κ3) is 3.25. The molecule has 3 unspecified atom stereocenters. The highest BCUT2D eigenvalue weighted by Crippen LogP contribution is 2.70. The zero-order valence-corrected chi connectivity index (χ0v) is 24.3. The summed E-state index contributed by atoms with van der Waals surface area (Å²) in [5, 5.41) is 10.1. The smallest absolute Gasteiger partial charge is 0.268 e. The van der Waals surface area contributed by atoms with Gasteiger partial charge >= 0.3 is 0 Å². The normalized spacial score (nSPS) is 31.3. The lowest BCUT2D eigenvalue weighted by Crippen LogP contribution is -2.44. The highest BCUT2D eigenvalue weighted by atomic mass is 32.2. The average Bonchev–Trinajstić information content (AvgIpc) is 3.39. The molecule has 1 saturated heterocycles. The summed E-state index contributed by atoms with van der Waals surface area (Å²) < 4.78 is 56.7. The maximum absolute atomic E-state index is 13.9. The predicted molar refractivity (Wildman–Crippen MR) is 149 cm³/mol. The number of amides is 1. The molecule has 3 aliphatic carbocycles. The van der Waals surface area contributed by atoms with Crippen molar-refractivity contribution >= 4 is 36.9 Å². The quantitative estimate of drug-likeness (QED) is 0.450. The molecule has 1 amide bonds. The number of nitrogens with zero attached hydrogens (tertiary/aromatic N) is 3. The van der Waals surface area contributed by atoms with E-state index >= 15 is 0 Å². The maximum Gasteiger partial charge on any atom is 0.268 e. The van der Waals surface area contributed by atoms with Gasteiger partial charge < -0.3 is 0 Å². The van der Waals surface area contributed by atoms with Gasteiger partial charge in [0.15, 0.2) is 0 Å². The number of hydrogen-bond acceptors (Lipinski definition) is 6. The second-order valence-corrected chi connectivity index (χ2v) is 16.4. The fourth-order valence-corrected chi connectivity index (χ4v) is 12.1. The van der Waals surface area contributed by atoms with Crippen molar-refractivity contribution in [2.24, 2.45) is 22.7 Å². The van der Waals surface area contributed by atoms with E-state index in [1.165, 1.54) is 8.28 Å². The molecular weight excluding hydrogens is 546 g/mol. The Hall–Kier alpha value is -3.16. The van der Waals surface area contributed by atoms with Crippen molar-refractivity contribution in [2.75, 3.05) is 5.75 Å². The van der Waals surface area contributed by atoms with Crippen LogP contribution in [0.5, 0.6) is 0 Å². The number of hydrogen-bond donors (Lipinski definition) is 0. The number of aryl methyl sites for hydroxylation is 1. The Morgan fingerprint density at radius 3 is 2.50 bits per heavy atom. The van der Waals surface area contributed by atoms with Gasteiger partial charge in [-0.1, -0.05) is 31.5 Å². The van der Waals surface area contributed by atoms with Gasteiger partial charge in [0, 0.05) is 22.9 Å². The van der Waals surface area contributed by atoms with Gasteiger partial charge in [-0.2, -0.15) is 5.26 Å². The van der Waals surface area contributed by atoms with Crippen molar-refractivity contribution in [1.29, 1.82) is 5.26 Å².